The topological polar surface area (TPSA) is 29.3 Å². The number of likely N-dealkylation sites (N-methyl/N-ethyl adjacent to an activating group) is 1. The number of hydrogen-bond acceptors (Lipinski definition) is 2. The third kappa shape index (κ3) is 2.17. The number of nitrogens with two attached hydrogens (primary N) is 1. The predicted octanol–water partition coefficient (Wildman–Crippen LogP) is 2.09. The van der Waals surface area contributed by atoms with E-state index in [9.17, 15) is 0 Å². The van der Waals surface area contributed by atoms with Gasteiger partial charge in [-0.3, -0.25) is 0 Å². The van der Waals surface area contributed by atoms with E-state index in [0.29, 0.717) is 12.0 Å². The maximum atomic E-state index is 6.19. The second-order valence-electron chi connectivity index (χ2n) is 4.28. The van der Waals surface area contributed by atoms with Gasteiger partial charge in [-0.2, -0.15) is 0 Å². The molecule has 0 amide bonds. The summed E-state index contributed by atoms with van der Waals surface area (Å²) in [6.45, 7) is 1.79. The van der Waals surface area contributed by atoms with Gasteiger partial charge in [0, 0.05) is 24.2 Å². The first kappa shape index (κ1) is 10.9. The summed E-state index contributed by atoms with van der Waals surface area (Å²) in [5, 5.41) is 0.883. The van der Waals surface area contributed by atoms with Crippen LogP contribution in [0.4, 0.5) is 0 Å². The molecule has 1 aliphatic rings. The van der Waals surface area contributed by atoms with Crippen LogP contribution in [0.3, 0.4) is 0 Å². The fourth-order valence-electron chi connectivity index (χ4n) is 2.39. The van der Waals surface area contributed by atoms with Crippen LogP contribution in [0.25, 0.3) is 0 Å². The highest BCUT2D eigenvalue weighted by molar-refractivity contribution is 6.31. The Kier molecular flexibility index (Phi) is 3.29. The van der Waals surface area contributed by atoms with Crippen molar-refractivity contribution in [3.05, 3.63) is 34.9 Å². The Bertz CT molecular complexity index is 340. The Morgan fingerprint density at radius 2 is 2.20 bits per heavy atom. The molecule has 1 fully saturated rings. The molecular weight excluding hydrogens is 208 g/mol. The molecule has 0 aromatic heterocycles. The van der Waals surface area contributed by atoms with Gasteiger partial charge in [0.2, 0.25) is 0 Å². The second kappa shape index (κ2) is 4.52. The maximum absolute atomic E-state index is 6.19. The minimum atomic E-state index is 0.506. The van der Waals surface area contributed by atoms with E-state index < -0.39 is 0 Å². The molecule has 0 spiro atoms. The van der Waals surface area contributed by atoms with E-state index in [2.05, 4.69) is 24.1 Å². The van der Waals surface area contributed by atoms with Crippen LogP contribution >= 0.6 is 11.6 Å². The Morgan fingerprint density at radius 3 is 2.80 bits per heavy atom. The van der Waals surface area contributed by atoms with Gasteiger partial charge in [-0.05, 0) is 31.0 Å². The van der Waals surface area contributed by atoms with Gasteiger partial charge in [0.15, 0.2) is 0 Å². The molecule has 2 atom stereocenters. The molecule has 0 aliphatic carbocycles. The molecule has 15 heavy (non-hydrogen) atoms. The van der Waals surface area contributed by atoms with Crippen molar-refractivity contribution < 1.29 is 0 Å². The van der Waals surface area contributed by atoms with Crippen molar-refractivity contribution >= 4 is 11.6 Å². The highest BCUT2D eigenvalue weighted by Crippen LogP contribution is 2.33. The monoisotopic (exact) mass is 224 g/mol. The molecule has 1 aromatic carbocycles. The highest BCUT2D eigenvalue weighted by atomic mass is 35.5. The van der Waals surface area contributed by atoms with Crippen molar-refractivity contribution in [2.24, 2.45) is 5.73 Å². The maximum Gasteiger partial charge on any atom is 0.0441 e. The molecule has 2 nitrogen and oxygen atoms in total. The van der Waals surface area contributed by atoms with Crippen molar-refractivity contribution in [1.29, 1.82) is 0 Å². The van der Waals surface area contributed by atoms with Crippen LogP contribution in [-0.4, -0.2) is 31.1 Å². The van der Waals surface area contributed by atoms with E-state index in [1.165, 1.54) is 5.56 Å². The van der Waals surface area contributed by atoms with Crippen LogP contribution in [0, 0.1) is 0 Å². The van der Waals surface area contributed by atoms with Crippen molar-refractivity contribution in [3.8, 4) is 0 Å². The Morgan fingerprint density at radius 1 is 1.47 bits per heavy atom. The molecule has 3 heteroatoms. The summed E-state index contributed by atoms with van der Waals surface area (Å²) >= 11 is 6.19. The molecule has 0 saturated carbocycles. The van der Waals surface area contributed by atoms with E-state index in [0.717, 1.165) is 24.5 Å². The Hall–Kier alpha value is -0.570. The summed E-state index contributed by atoms with van der Waals surface area (Å²) in [5.74, 6) is 0.539. The summed E-state index contributed by atoms with van der Waals surface area (Å²) < 4.78 is 0. The smallest absolute Gasteiger partial charge is 0.0441 e. The lowest BCUT2D eigenvalue weighted by molar-refractivity contribution is 0.316. The predicted molar refractivity (Wildman–Crippen MR) is 64.3 cm³/mol. The number of hydrogen-bond donors (Lipinski definition) is 1. The zero-order chi connectivity index (χ0) is 10.8. The third-order valence-corrected chi connectivity index (χ3v) is 3.65. The first-order valence-corrected chi connectivity index (χ1v) is 5.75. The summed E-state index contributed by atoms with van der Waals surface area (Å²) in [4.78, 5) is 2.33. The van der Waals surface area contributed by atoms with Gasteiger partial charge in [-0.25, -0.2) is 0 Å². The van der Waals surface area contributed by atoms with Gasteiger partial charge in [-0.1, -0.05) is 29.8 Å². The van der Waals surface area contributed by atoms with Gasteiger partial charge >= 0.3 is 0 Å². The minimum absolute atomic E-state index is 0.506. The van der Waals surface area contributed by atoms with Crippen molar-refractivity contribution in [2.45, 2.75) is 18.4 Å². The zero-order valence-corrected chi connectivity index (χ0v) is 9.74. The van der Waals surface area contributed by atoms with Gasteiger partial charge in [-0.15, -0.1) is 0 Å². The number of likely N-dealkylation sites (tertiary alicyclic amines) is 1. The van der Waals surface area contributed by atoms with Crippen LogP contribution in [-0.2, 0) is 0 Å². The summed E-state index contributed by atoms with van der Waals surface area (Å²) in [5.41, 5.74) is 6.99. The summed E-state index contributed by atoms with van der Waals surface area (Å²) in [7, 11) is 2.13. The van der Waals surface area contributed by atoms with Crippen molar-refractivity contribution in [2.75, 3.05) is 20.1 Å². The Balaban J connectivity index is 2.17. The molecule has 0 radical (unpaired) electrons. The highest BCUT2D eigenvalue weighted by Gasteiger charge is 2.30. The largest absolute Gasteiger partial charge is 0.329 e. The van der Waals surface area contributed by atoms with Gasteiger partial charge in [0.1, 0.15) is 0 Å². The van der Waals surface area contributed by atoms with E-state index in [1.54, 1.807) is 0 Å². The molecule has 2 unspecified atom stereocenters. The fraction of sp³-hybridized carbons (Fsp3) is 0.500. The van der Waals surface area contributed by atoms with Crippen molar-refractivity contribution in [1.82, 2.24) is 4.90 Å². The quantitative estimate of drug-likeness (QED) is 0.834. The van der Waals surface area contributed by atoms with Crippen molar-refractivity contribution in [3.63, 3.8) is 0 Å². The molecule has 0 bridgehead atoms. The third-order valence-electron chi connectivity index (χ3n) is 3.31. The van der Waals surface area contributed by atoms with Gasteiger partial charge in [0.25, 0.3) is 0 Å². The standard InChI is InChI=1S/C12H17ClN2/c1-15-8-9(6-10(15)7-14)11-4-2-3-5-12(11)13/h2-5,9-10H,6-8,14H2,1H3. The van der Waals surface area contributed by atoms with Gasteiger partial charge in [0.05, 0.1) is 0 Å². The van der Waals surface area contributed by atoms with E-state index in [4.69, 9.17) is 17.3 Å². The lowest BCUT2D eigenvalue weighted by Gasteiger charge is -2.15. The lowest BCUT2D eigenvalue weighted by atomic mass is 9.96. The van der Waals surface area contributed by atoms with Crippen LogP contribution in [0.15, 0.2) is 24.3 Å². The van der Waals surface area contributed by atoms with E-state index in [-0.39, 0.29) is 0 Å². The van der Waals surface area contributed by atoms with Crippen LogP contribution in [0.1, 0.15) is 17.9 Å². The number of halogens is 1. The lowest BCUT2D eigenvalue weighted by Crippen LogP contribution is -2.31. The van der Waals surface area contributed by atoms with E-state index >= 15 is 0 Å². The number of rotatable bonds is 2. The normalized spacial score (nSPS) is 27.1. The molecule has 1 aromatic rings. The zero-order valence-electron chi connectivity index (χ0n) is 8.99. The SMILES string of the molecule is CN1CC(c2ccccc2Cl)CC1CN. The van der Waals surface area contributed by atoms with E-state index in [1.807, 2.05) is 12.1 Å². The molecule has 2 N–H and O–H groups in total. The molecular formula is C12H17ClN2. The first-order chi connectivity index (χ1) is 7.22. The Labute approximate surface area is 96.0 Å². The molecule has 1 heterocycles. The first-order valence-electron chi connectivity index (χ1n) is 5.37. The molecule has 82 valence electrons. The van der Waals surface area contributed by atoms with Gasteiger partial charge < -0.3 is 10.6 Å². The number of nitrogens with zero attached hydrogens (tertiary/aromatic N) is 1. The van der Waals surface area contributed by atoms with Crippen LogP contribution in [0.2, 0.25) is 5.02 Å². The summed E-state index contributed by atoms with van der Waals surface area (Å²) in [6.07, 6.45) is 1.12. The van der Waals surface area contributed by atoms with Crippen LogP contribution < -0.4 is 5.73 Å². The number of benzene rings is 1. The average Bonchev–Trinajstić information content (AvgIpc) is 2.60. The average molecular weight is 225 g/mol. The molecule has 1 saturated heterocycles. The molecule has 1 aliphatic heterocycles. The minimum Gasteiger partial charge on any atom is -0.329 e. The molecule has 2 rings (SSSR count). The fourth-order valence-corrected chi connectivity index (χ4v) is 2.68. The second-order valence-corrected chi connectivity index (χ2v) is 4.69. The van der Waals surface area contributed by atoms with Crippen LogP contribution in [0.5, 0.6) is 0 Å². The summed E-state index contributed by atoms with van der Waals surface area (Å²) in [6, 6.07) is 8.63.